The van der Waals surface area contributed by atoms with Gasteiger partial charge in [0, 0.05) is 25.6 Å². The molecule has 2 aromatic carbocycles. The first-order valence-corrected chi connectivity index (χ1v) is 8.78. The van der Waals surface area contributed by atoms with Crippen molar-refractivity contribution in [1.29, 1.82) is 0 Å². The van der Waals surface area contributed by atoms with Crippen molar-refractivity contribution in [2.75, 3.05) is 27.0 Å². The Morgan fingerprint density at radius 1 is 1.19 bits per heavy atom. The lowest BCUT2D eigenvalue weighted by Gasteiger charge is -2.18. The van der Waals surface area contributed by atoms with Crippen LogP contribution in [0.25, 0.3) is 0 Å². The van der Waals surface area contributed by atoms with Gasteiger partial charge in [0.25, 0.3) is 0 Å². The number of likely N-dealkylation sites (tertiary alicyclic amines) is 1. The standard InChI is InChI=1S/C20H22N2O4/c1-24-17-5-2-14(3-6-17)11-21-20(23)22-9-8-16(12-22)15-4-7-18-19(10-15)26-13-25-18/h2-7,10,16H,8-9,11-13H2,1H3,(H,21,23). The Labute approximate surface area is 152 Å². The first-order valence-electron chi connectivity index (χ1n) is 8.78. The number of nitrogens with one attached hydrogen (secondary N) is 1. The average Bonchev–Trinajstić information content (AvgIpc) is 3.35. The lowest BCUT2D eigenvalue weighted by atomic mass is 9.98. The molecule has 2 aromatic rings. The van der Waals surface area contributed by atoms with E-state index in [0.29, 0.717) is 19.0 Å². The molecular weight excluding hydrogens is 332 g/mol. The van der Waals surface area contributed by atoms with Gasteiger partial charge in [-0.2, -0.15) is 0 Å². The number of carbonyl (C=O) groups excluding carboxylic acids is 1. The van der Waals surface area contributed by atoms with Crippen LogP contribution in [-0.2, 0) is 6.54 Å². The molecule has 6 heteroatoms. The number of fused-ring (bicyclic) bond motifs is 1. The van der Waals surface area contributed by atoms with Crippen molar-refractivity contribution in [2.45, 2.75) is 18.9 Å². The van der Waals surface area contributed by atoms with E-state index in [2.05, 4.69) is 11.4 Å². The second-order valence-corrected chi connectivity index (χ2v) is 6.55. The number of benzene rings is 2. The molecule has 136 valence electrons. The molecule has 0 aromatic heterocycles. The molecule has 1 N–H and O–H groups in total. The van der Waals surface area contributed by atoms with Gasteiger partial charge >= 0.3 is 6.03 Å². The molecule has 6 nitrogen and oxygen atoms in total. The summed E-state index contributed by atoms with van der Waals surface area (Å²) < 4.78 is 16.0. The van der Waals surface area contributed by atoms with Gasteiger partial charge in [0.05, 0.1) is 7.11 Å². The molecule has 1 fully saturated rings. The number of urea groups is 1. The van der Waals surface area contributed by atoms with Crippen LogP contribution in [0.15, 0.2) is 42.5 Å². The first kappa shape index (κ1) is 16.6. The molecule has 1 unspecified atom stereocenters. The van der Waals surface area contributed by atoms with Crippen LogP contribution in [0.4, 0.5) is 4.79 Å². The van der Waals surface area contributed by atoms with E-state index in [9.17, 15) is 4.79 Å². The molecule has 1 saturated heterocycles. The first-order chi connectivity index (χ1) is 12.7. The maximum atomic E-state index is 12.5. The van der Waals surface area contributed by atoms with E-state index < -0.39 is 0 Å². The second kappa shape index (κ2) is 7.15. The van der Waals surface area contributed by atoms with Gasteiger partial charge in [-0.25, -0.2) is 4.79 Å². The zero-order valence-electron chi connectivity index (χ0n) is 14.7. The maximum Gasteiger partial charge on any atom is 0.317 e. The van der Waals surface area contributed by atoms with Gasteiger partial charge < -0.3 is 24.4 Å². The van der Waals surface area contributed by atoms with E-state index in [1.807, 2.05) is 41.3 Å². The van der Waals surface area contributed by atoms with E-state index in [1.54, 1.807) is 7.11 Å². The summed E-state index contributed by atoms with van der Waals surface area (Å²) in [4.78, 5) is 14.3. The van der Waals surface area contributed by atoms with Crippen molar-refractivity contribution in [3.63, 3.8) is 0 Å². The summed E-state index contributed by atoms with van der Waals surface area (Å²) in [5.41, 5.74) is 2.24. The van der Waals surface area contributed by atoms with E-state index in [1.165, 1.54) is 5.56 Å². The number of nitrogens with zero attached hydrogens (tertiary/aromatic N) is 1. The molecule has 0 bridgehead atoms. The smallest absolute Gasteiger partial charge is 0.317 e. The largest absolute Gasteiger partial charge is 0.497 e. The molecule has 1 atom stereocenters. The predicted molar refractivity (Wildman–Crippen MR) is 96.7 cm³/mol. The fourth-order valence-corrected chi connectivity index (χ4v) is 3.42. The number of amides is 2. The third kappa shape index (κ3) is 3.40. The van der Waals surface area contributed by atoms with Crippen molar-refractivity contribution >= 4 is 6.03 Å². The highest BCUT2D eigenvalue weighted by atomic mass is 16.7. The van der Waals surface area contributed by atoms with Crippen LogP contribution in [0, 0.1) is 0 Å². The Bertz CT molecular complexity index is 791. The maximum absolute atomic E-state index is 12.5. The third-order valence-corrected chi connectivity index (χ3v) is 4.95. The molecule has 2 aliphatic heterocycles. The molecule has 0 radical (unpaired) electrons. The highest BCUT2D eigenvalue weighted by Gasteiger charge is 2.28. The quantitative estimate of drug-likeness (QED) is 0.916. The Morgan fingerprint density at radius 3 is 2.81 bits per heavy atom. The monoisotopic (exact) mass is 354 g/mol. The normalized spacial score (nSPS) is 18.0. The SMILES string of the molecule is COc1ccc(CNC(=O)N2CCC(c3ccc4c(c3)OCO4)C2)cc1. The number of methoxy groups -OCH3 is 1. The molecule has 0 spiro atoms. The number of hydrogen-bond donors (Lipinski definition) is 1. The van der Waals surface area contributed by atoms with E-state index in [-0.39, 0.29) is 12.8 Å². The lowest BCUT2D eigenvalue weighted by Crippen LogP contribution is -2.37. The Kier molecular flexibility index (Phi) is 4.56. The zero-order valence-corrected chi connectivity index (χ0v) is 14.7. The van der Waals surface area contributed by atoms with Crippen LogP contribution in [0.2, 0.25) is 0 Å². The summed E-state index contributed by atoms with van der Waals surface area (Å²) in [5.74, 6) is 2.73. The van der Waals surface area contributed by atoms with E-state index in [4.69, 9.17) is 14.2 Å². The second-order valence-electron chi connectivity index (χ2n) is 6.55. The molecule has 2 heterocycles. The minimum atomic E-state index is -0.0240. The minimum Gasteiger partial charge on any atom is -0.497 e. The summed E-state index contributed by atoms with van der Waals surface area (Å²) in [7, 11) is 1.64. The fraction of sp³-hybridized carbons (Fsp3) is 0.350. The molecule has 4 rings (SSSR count). The number of rotatable bonds is 4. The van der Waals surface area contributed by atoms with Gasteiger partial charge in [-0.05, 0) is 41.8 Å². The Hall–Kier alpha value is -2.89. The van der Waals surface area contributed by atoms with Gasteiger partial charge in [0.1, 0.15) is 5.75 Å². The van der Waals surface area contributed by atoms with Crippen molar-refractivity contribution < 1.29 is 19.0 Å². The average molecular weight is 354 g/mol. The molecule has 0 saturated carbocycles. The molecule has 0 aliphatic carbocycles. The lowest BCUT2D eigenvalue weighted by molar-refractivity contribution is 0.174. The number of ether oxygens (including phenoxy) is 3. The minimum absolute atomic E-state index is 0.0240. The molecule has 2 amide bonds. The highest BCUT2D eigenvalue weighted by molar-refractivity contribution is 5.74. The topological polar surface area (TPSA) is 60.0 Å². The third-order valence-electron chi connectivity index (χ3n) is 4.95. The van der Waals surface area contributed by atoms with Crippen LogP contribution in [0.3, 0.4) is 0 Å². The van der Waals surface area contributed by atoms with Crippen LogP contribution < -0.4 is 19.5 Å². The van der Waals surface area contributed by atoms with Crippen molar-refractivity contribution in [3.8, 4) is 17.2 Å². The molecule has 26 heavy (non-hydrogen) atoms. The summed E-state index contributed by atoms with van der Waals surface area (Å²) in [6, 6.07) is 13.7. The van der Waals surface area contributed by atoms with E-state index >= 15 is 0 Å². The predicted octanol–water partition coefficient (Wildman–Crippen LogP) is 3.12. The van der Waals surface area contributed by atoms with Crippen LogP contribution >= 0.6 is 0 Å². The molecular formula is C20H22N2O4. The van der Waals surface area contributed by atoms with Gasteiger partial charge in [-0.3, -0.25) is 0 Å². The summed E-state index contributed by atoms with van der Waals surface area (Å²) in [5, 5.41) is 2.99. The van der Waals surface area contributed by atoms with Crippen molar-refractivity contribution in [3.05, 3.63) is 53.6 Å². The zero-order chi connectivity index (χ0) is 17.9. The Morgan fingerprint density at radius 2 is 2.00 bits per heavy atom. The van der Waals surface area contributed by atoms with Gasteiger partial charge in [-0.15, -0.1) is 0 Å². The van der Waals surface area contributed by atoms with Gasteiger partial charge in [-0.1, -0.05) is 18.2 Å². The number of hydrogen-bond acceptors (Lipinski definition) is 4. The summed E-state index contributed by atoms with van der Waals surface area (Å²) in [6.07, 6.45) is 0.954. The molecule has 2 aliphatic rings. The van der Waals surface area contributed by atoms with Crippen LogP contribution in [0.1, 0.15) is 23.5 Å². The van der Waals surface area contributed by atoms with Crippen LogP contribution in [0.5, 0.6) is 17.2 Å². The van der Waals surface area contributed by atoms with Crippen LogP contribution in [-0.4, -0.2) is 37.9 Å². The van der Waals surface area contributed by atoms with Gasteiger partial charge in [0.15, 0.2) is 11.5 Å². The van der Waals surface area contributed by atoms with Gasteiger partial charge in [0.2, 0.25) is 6.79 Å². The van der Waals surface area contributed by atoms with E-state index in [0.717, 1.165) is 35.8 Å². The highest BCUT2D eigenvalue weighted by Crippen LogP contribution is 2.37. The summed E-state index contributed by atoms with van der Waals surface area (Å²) >= 11 is 0. The summed E-state index contributed by atoms with van der Waals surface area (Å²) in [6.45, 7) is 2.26. The fourth-order valence-electron chi connectivity index (χ4n) is 3.42. The van der Waals surface area contributed by atoms with Crippen molar-refractivity contribution in [2.24, 2.45) is 0 Å². The Balaban J connectivity index is 1.32. The van der Waals surface area contributed by atoms with Crippen molar-refractivity contribution in [1.82, 2.24) is 10.2 Å². The number of carbonyl (C=O) groups is 1.